The van der Waals surface area contributed by atoms with Crippen molar-refractivity contribution in [2.24, 2.45) is 0 Å². The molecule has 0 radical (unpaired) electrons. The van der Waals surface area contributed by atoms with Crippen LogP contribution in [0.3, 0.4) is 0 Å². The van der Waals surface area contributed by atoms with E-state index in [2.05, 4.69) is 39.2 Å². The van der Waals surface area contributed by atoms with Gasteiger partial charge in [0.15, 0.2) is 0 Å². The van der Waals surface area contributed by atoms with E-state index in [1.165, 1.54) is 15.8 Å². The van der Waals surface area contributed by atoms with Crippen LogP contribution in [0.25, 0.3) is 10.8 Å². The monoisotopic (exact) mass is 246 g/mol. The third-order valence-electron chi connectivity index (χ3n) is 2.95. The highest BCUT2D eigenvalue weighted by molar-refractivity contribution is 7.98. The topological polar surface area (TPSA) is 20.2 Å². The predicted octanol–water partition coefficient (Wildman–Crippen LogP) is 4.56. The molecule has 0 fully saturated rings. The molecule has 1 N–H and O–H groups in total. The average molecular weight is 246 g/mol. The second kappa shape index (κ2) is 4.26. The van der Waals surface area contributed by atoms with Crippen molar-refractivity contribution in [1.29, 1.82) is 0 Å². The Morgan fingerprint density at radius 2 is 1.82 bits per heavy atom. The molecule has 0 aliphatic heterocycles. The predicted molar refractivity (Wildman–Crippen MR) is 76.1 cm³/mol. The Kier molecular flexibility index (Phi) is 3.09. The lowest BCUT2D eigenvalue weighted by molar-refractivity contribution is 0.472. The van der Waals surface area contributed by atoms with Crippen LogP contribution in [-0.4, -0.2) is 11.4 Å². The normalized spacial score (nSPS) is 12.0. The number of phenols is 1. The maximum absolute atomic E-state index is 9.83. The molecule has 0 aliphatic rings. The lowest BCUT2D eigenvalue weighted by atomic mass is 9.83. The van der Waals surface area contributed by atoms with Crippen LogP contribution in [0.15, 0.2) is 35.2 Å². The van der Waals surface area contributed by atoms with E-state index in [9.17, 15) is 5.11 Å². The third kappa shape index (κ3) is 2.27. The molecule has 2 rings (SSSR count). The molecule has 0 saturated carbocycles. The molecule has 2 aromatic carbocycles. The van der Waals surface area contributed by atoms with Crippen LogP contribution in [0, 0.1) is 0 Å². The fourth-order valence-electron chi connectivity index (χ4n) is 2.14. The molecule has 2 aromatic rings. The summed E-state index contributed by atoms with van der Waals surface area (Å²) in [5.41, 5.74) is 1.24. The molecule has 1 nitrogen and oxygen atoms in total. The van der Waals surface area contributed by atoms with Crippen molar-refractivity contribution in [1.82, 2.24) is 0 Å². The number of aromatic hydroxyl groups is 1. The van der Waals surface area contributed by atoms with E-state index in [-0.39, 0.29) is 5.41 Å². The number of benzene rings is 2. The van der Waals surface area contributed by atoms with Gasteiger partial charge in [-0.2, -0.15) is 0 Å². The minimum Gasteiger partial charge on any atom is -0.508 e. The fourth-order valence-corrected chi connectivity index (χ4v) is 2.79. The fraction of sp³-hybridized carbons (Fsp3) is 0.333. The highest BCUT2D eigenvalue weighted by Gasteiger charge is 2.19. The zero-order valence-corrected chi connectivity index (χ0v) is 11.6. The van der Waals surface area contributed by atoms with Crippen LogP contribution < -0.4 is 0 Å². The van der Waals surface area contributed by atoms with Crippen LogP contribution >= 0.6 is 11.8 Å². The Morgan fingerprint density at radius 1 is 1.12 bits per heavy atom. The van der Waals surface area contributed by atoms with Gasteiger partial charge in [-0.25, -0.2) is 0 Å². The van der Waals surface area contributed by atoms with Gasteiger partial charge in [0.05, 0.1) is 0 Å². The first-order chi connectivity index (χ1) is 7.93. The first-order valence-corrected chi connectivity index (χ1v) is 6.96. The number of hydrogen-bond donors (Lipinski definition) is 1. The zero-order valence-electron chi connectivity index (χ0n) is 10.7. The Bertz CT molecular complexity index is 553. The highest BCUT2D eigenvalue weighted by atomic mass is 32.2. The van der Waals surface area contributed by atoms with E-state index in [1.807, 2.05) is 18.2 Å². The smallest absolute Gasteiger partial charge is 0.116 e. The first-order valence-electron chi connectivity index (χ1n) is 5.73. The molecule has 0 amide bonds. The van der Waals surface area contributed by atoms with Crippen molar-refractivity contribution < 1.29 is 5.11 Å². The number of rotatable bonds is 1. The Balaban J connectivity index is 2.89. The highest BCUT2D eigenvalue weighted by Crippen LogP contribution is 2.38. The lowest BCUT2D eigenvalue weighted by Gasteiger charge is -2.23. The van der Waals surface area contributed by atoms with Gasteiger partial charge in [0, 0.05) is 4.90 Å². The quantitative estimate of drug-likeness (QED) is 0.744. The number of hydrogen-bond acceptors (Lipinski definition) is 2. The summed E-state index contributed by atoms with van der Waals surface area (Å²) in [6.45, 7) is 6.54. The molecule has 0 atom stereocenters. The number of phenolic OH excluding ortho intramolecular Hbond substituents is 1. The van der Waals surface area contributed by atoms with Crippen LogP contribution in [0.4, 0.5) is 0 Å². The van der Waals surface area contributed by atoms with E-state index < -0.39 is 0 Å². The van der Waals surface area contributed by atoms with E-state index in [0.29, 0.717) is 5.75 Å². The van der Waals surface area contributed by atoms with Crippen LogP contribution in [0.5, 0.6) is 5.75 Å². The Morgan fingerprint density at radius 3 is 2.41 bits per heavy atom. The van der Waals surface area contributed by atoms with Crippen molar-refractivity contribution in [2.75, 3.05) is 6.26 Å². The molecular weight excluding hydrogens is 228 g/mol. The van der Waals surface area contributed by atoms with E-state index in [4.69, 9.17) is 0 Å². The first kappa shape index (κ1) is 12.3. The van der Waals surface area contributed by atoms with Gasteiger partial charge in [-0.15, -0.1) is 11.8 Å². The average Bonchev–Trinajstić information content (AvgIpc) is 2.25. The summed E-state index contributed by atoms with van der Waals surface area (Å²) in [6.07, 6.45) is 2.09. The Labute approximate surface area is 107 Å². The largest absolute Gasteiger partial charge is 0.508 e. The molecule has 0 aromatic heterocycles. The summed E-state index contributed by atoms with van der Waals surface area (Å²) in [5.74, 6) is 0.348. The molecule has 0 heterocycles. The van der Waals surface area contributed by atoms with Gasteiger partial charge >= 0.3 is 0 Å². The molecule has 0 spiro atoms. The summed E-state index contributed by atoms with van der Waals surface area (Å²) in [6, 6.07) is 9.97. The summed E-state index contributed by atoms with van der Waals surface area (Å²) >= 11 is 1.75. The Hall–Kier alpha value is -1.15. The van der Waals surface area contributed by atoms with Crippen molar-refractivity contribution in [3.05, 3.63) is 35.9 Å². The summed E-state index contributed by atoms with van der Waals surface area (Å²) in [5, 5.41) is 12.2. The van der Waals surface area contributed by atoms with Crippen molar-refractivity contribution in [2.45, 2.75) is 31.1 Å². The van der Waals surface area contributed by atoms with E-state index in [1.54, 1.807) is 11.8 Å². The molecule has 0 unspecified atom stereocenters. The summed E-state index contributed by atoms with van der Waals surface area (Å²) < 4.78 is 0. The van der Waals surface area contributed by atoms with Gasteiger partial charge in [0.25, 0.3) is 0 Å². The van der Waals surface area contributed by atoms with E-state index >= 15 is 0 Å². The zero-order chi connectivity index (χ0) is 12.6. The molecule has 17 heavy (non-hydrogen) atoms. The van der Waals surface area contributed by atoms with Gasteiger partial charge < -0.3 is 5.11 Å². The maximum Gasteiger partial charge on any atom is 0.116 e. The molecule has 2 heteroatoms. The van der Waals surface area contributed by atoms with Crippen LogP contribution in [0.2, 0.25) is 0 Å². The maximum atomic E-state index is 9.83. The molecule has 0 aliphatic carbocycles. The molecule has 0 saturated heterocycles. The van der Waals surface area contributed by atoms with Gasteiger partial charge in [0.1, 0.15) is 5.75 Å². The minimum atomic E-state index is 0.0306. The lowest BCUT2D eigenvalue weighted by Crippen LogP contribution is -2.12. The summed E-state index contributed by atoms with van der Waals surface area (Å²) in [4.78, 5) is 1.27. The van der Waals surface area contributed by atoms with Crippen molar-refractivity contribution in [3.63, 3.8) is 0 Å². The summed E-state index contributed by atoms with van der Waals surface area (Å²) in [7, 11) is 0. The van der Waals surface area contributed by atoms with Crippen molar-refractivity contribution >= 4 is 22.5 Å². The molecule has 90 valence electrons. The van der Waals surface area contributed by atoms with Crippen LogP contribution in [-0.2, 0) is 5.41 Å². The van der Waals surface area contributed by atoms with E-state index in [0.717, 1.165) is 5.39 Å². The molecule has 0 bridgehead atoms. The second-order valence-electron chi connectivity index (χ2n) is 5.30. The SMILES string of the molecule is CSc1cccc2cc(O)cc(C(C)(C)C)c12. The third-order valence-corrected chi connectivity index (χ3v) is 3.73. The van der Waals surface area contributed by atoms with Crippen molar-refractivity contribution in [3.8, 4) is 5.75 Å². The van der Waals surface area contributed by atoms with Crippen LogP contribution in [0.1, 0.15) is 26.3 Å². The second-order valence-corrected chi connectivity index (χ2v) is 6.15. The van der Waals surface area contributed by atoms with Gasteiger partial charge in [-0.05, 0) is 46.2 Å². The number of fused-ring (bicyclic) bond motifs is 1. The van der Waals surface area contributed by atoms with Gasteiger partial charge in [0.2, 0.25) is 0 Å². The standard InChI is InChI=1S/C15H18OS/c1-15(2,3)12-9-11(16)8-10-6-5-7-13(17-4)14(10)12/h5-9,16H,1-4H3. The molecular formula is C15H18OS. The van der Waals surface area contributed by atoms with Gasteiger partial charge in [-0.1, -0.05) is 32.9 Å². The number of thioether (sulfide) groups is 1. The minimum absolute atomic E-state index is 0.0306. The van der Waals surface area contributed by atoms with Gasteiger partial charge in [-0.3, -0.25) is 0 Å².